The van der Waals surface area contributed by atoms with Gasteiger partial charge in [-0.2, -0.15) is 0 Å². The third-order valence-electron chi connectivity index (χ3n) is 2.94. The lowest BCUT2D eigenvalue weighted by Crippen LogP contribution is -2.39. The summed E-state index contributed by atoms with van der Waals surface area (Å²) in [5.41, 5.74) is -0.0607. The second-order valence-corrected chi connectivity index (χ2v) is 6.69. The zero-order valence-corrected chi connectivity index (χ0v) is 12.8. The number of benzene rings is 1. The van der Waals surface area contributed by atoms with Gasteiger partial charge in [-0.3, -0.25) is 0 Å². The van der Waals surface area contributed by atoms with Crippen molar-refractivity contribution in [2.75, 3.05) is 0 Å². The van der Waals surface area contributed by atoms with E-state index in [0.29, 0.717) is 4.47 Å². The predicted molar refractivity (Wildman–Crippen MR) is 74.4 cm³/mol. The summed E-state index contributed by atoms with van der Waals surface area (Å²) in [6.07, 6.45) is 1.22. The van der Waals surface area contributed by atoms with Gasteiger partial charge in [-0.25, -0.2) is 9.18 Å². The van der Waals surface area contributed by atoms with Crippen LogP contribution in [0.4, 0.5) is 9.18 Å². The van der Waals surface area contributed by atoms with Crippen molar-refractivity contribution < 1.29 is 13.9 Å². The Morgan fingerprint density at radius 1 is 1.42 bits per heavy atom. The van der Waals surface area contributed by atoms with Crippen molar-refractivity contribution in [3.8, 4) is 0 Å². The molecule has 1 aromatic rings. The second kappa shape index (κ2) is 4.78. The van der Waals surface area contributed by atoms with Crippen LogP contribution in [0.1, 0.15) is 39.2 Å². The lowest BCUT2D eigenvalue weighted by Gasteiger charge is -2.24. The lowest BCUT2D eigenvalue weighted by molar-refractivity contribution is 0.0495. The van der Waals surface area contributed by atoms with E-state index in [4.69, 9.17) is 4.74 Å². The Bertz CT molecular complexity index is 507. The number of halogens is 2. The summed E-state index contributed by atoms with van der Waals surface area (Å²) in [7, 11) is 0. The van der Waals surface area contributed by atoms with Crippen LogP contribution in [0.5, 0.6) is 0 Å². The highest BCUT2D eigenvalue weighted by Crippen LogP contribution is 2.48. The molecule has 0 spiro atoms. The van der Waals surface area contributed by atoms with Gasteiger partial charge < -0.3 is 10.1 Å². The summed E-state index contributed by atoms with van der Waals surface area (Å²) in [6.45, 7) is 5.46. The van der Waals surface area contributed by atoms with Crippen molar-refractivity contribution in [1.82, 2.24) is 5.32 Å². The molecule has 1 saturated carbocycles. The number of rotatable bonds is 2. The molecule has 0 atom stereocenters. The smallest absolute Gasteiger partial charge is 0.408 e. The zero-order chi connectivity index (χ0) is 14.3. The molecular weight excluding hydrogens is 313 g/mol. The van der Waals surface area contributed by atoms with Crippen molar-refractivity contribution in [2.24, 2.45) is 0 Å². The first-order valence-corrected chi connectivity index (χ1v) is 6.98. The largest absolute Gasteiger partial charge is 0.444 e. The van der Waals surface area contributed by atoms with Crippen molar-refractivity contribution in [2.45, 2.75) is 44.8 Å². The molecule has 0 bridgehead atoms. The minimum Gasteiger partial charge on any atom is -0.444 e. The van der Waals surface area contributed by atoms with E-state index in [2.05, 4.69) is 21.2 Å². The molecule has 104 valence electrons. The Labute approximate surface area is 120 Å². The van der Waals surface area contributed by atoms with E-state index in [-0.39, 0.29) is 5.82 Å². The molecule has 0 radical (unpaired) electrons. The van der Waals surface area contributed by atoms with Crippen LogP contribution in [-0.2, 0) is 10.3 Å². The fourth-order valence-corrected chi connectivity index (χ4v) is 2.69. The molecule has 2 rings (SSSR count). The van der Waals surface area contributed by atoms with Crippen LogP contribution in [0.15, 0.2) is 22.7 Å². The second-order valence-electron chi connectivity index (χ2n) is 5.83. The number of hydrogen-bond donors (Lipinski definition) is 1. The van der Waals surface area contributed by atoms with Crippen LogP contribution in [0, 0.1) is 5.82 Å². The summed E-state index contributed by atoms with van der Waals surface area (Å²) < 4.78 is 19.0. The Morgan fingerprint density at radius 2 is 2.05 bits per heavy atom. The van der Waals surface area contributed by atoms with E-state index in [1.807, 2.05) is 20.8 Å². The maximum atomic E-state index is 13.1. The van der Waals surface area contributed by atoms with Crippen molar-refractivity contribution in [1.29, 1.82) is 0 Å². The first-order valence-electron chi connectivity index (χ1n) is 6.19. The maximum Gasteiger partial charge on any atom is 0.408 e. The molecule has 0 unspecified atom stereocenters. The molecule has 3 nitrogen and oxygen atoms in total. The highest BCUT2D eigenvalue weighted by atomic mass is 79.9. The summed E-state index contributed by atoms with van der Waals surface area (Å²) >= 11 is 3.34. The van der Waals surface area contributed by atoms with Crippen LogP contribution in [-0.4, -0.2) is 11.7 Å². The number of nitrogens with one attached hydrogen (secondary N) is 1. The van der Waals surface area contributed by atoms with Gasteiger partial charge in [-0.05, 0) is 51.3 Å². The van der Waals surface area contributed by atoms with Gasteiger partial charge in [0.15, 0.2) is 0 Å². The molecule has 1 aliphatic rings. The normalized spacial score (nSPS) is 16.9. The number of carbonyl (C=O) groups excluding carboxylic acids is 1. The molecule has 0 saturated heterocycles. The highest BCUT2D eigenvalue weighted by molar-refractivity contribution is 9.10. The van der Waals surface area contributed by atoms with Gasteiger partial charge in [0.05, 0.1) is 5.54 Å². The molecule has 1 aromatic carbocycles. The summed E-state index contributed by atoms with van der Waals surface area (Å²) in [4.78, 5) is 11.8. The molecule has 19 heavy (non-hydrogen) atoms. The molecule has 1 amide bonds. The van der Waals surface area contributed by atoms with Gasteiger partial charge >= 0.3 is 6.09 Å². The van der Waals surface area contributed by atoms with Crippen LogP contribution < -0.4 is 5.32 Å². The molecule has 5 heteroatoms. The minimum absolute atomic E-state index is 0.302. The van der Waals surface area contributed by atoms with Crippen molar-refractivity contribution in [3.63, 3.8) is 0 Å². The van der Waals surface area contributed by atoms with Crippen LogP contribution >= 0.6 is 15.9 Å². The monoisotopic (exact) mass is 329 g/mol. The topological polar surface area (TPSA) is 38.3 Å². The third-order valence-corrected chi connectivity index (χ3v) is 3.59. The van der Waals surface area contributed by atoms with Gasteiger partial charge in [0.1, 0.15) is 11.4 Å². The fourth-order valence-electron chi connectivity index (χ4n) is 1.96. The highest BCUT2D eigenvalue weighted by Gasteiger charge is 2.47. The van der Waals surface area contributed by atoms with E-state index in [0.717, 1.165) is 18.4 Å². The van der Waals surface area contributed by atoms with E-state index >= 15 is 0 Å². The SMILES string of the molecule is CC(C)(C)OC(=O)NC1(c2ccc(F)cc2Br)CC1. The molecule has 0 aromatic heterocycles. The molecule has 0 aliphatic heterocycles. The molecule has 1 N–H and O–H groups in total. The summed E-state index contributed by atoms with van der Waals surface area (Å²) in [6, 6.07) is 4.51. The van der Waals surface area contributed by atoms with Crippen LogP contribution in [0.3, 0.4) is 0 Å². The van der Waals surface area contributed by atoms with Crippen LogP contribution in [0.25, 0.3) is 0 Å². The average molecular weight is 330 g/mol. The third kappa shape index (κ3) is 3.47. The Kier molecular flexibility index (Phi) is 3.60. The minimum atomic E-state index is -0.528. The number of amides is 1. The van der Waals surface area contributed by atoms with Crippen molar-refractivity contribution >= 4 is 22.0 Å². The van der Waals surface area contributed by atoms with E-state index in [1.165, 1.54) is 12.1 Å². The van der Waals surface area contributed by atoms with Gasteiger partial charge in [-0.1, -0.05) is 22.0 Å². The average Bonchev–Trinajstić information content (AvgIpc) is 2.94. The first kappa shape index (κ1) is 14.3. The maximum absolute atomic E-state index is 13.1. The first-order chi connectivity index (χ1) is 8.72. The number of ether oxygens (including phenoxy) is 1. The Morgan fingerprint density at radius 3 is 2.53 bits per heavy atom. The summed E-state index contributed by atoms with van der Waals surface area (Å²) in [5.74, 6) is -0.302. The Hall–Kier alpha value is -1.10. The number of carbonyl (C=O) groups is 1. The quantitative estimate of drug-likeness (QED) is 0.886. The molecule has 1 aliphatic carbocycles. The van der Waals surface area contributed by atoms with Crippen molar-refractivity contribution in [3.05, 3.63) is 34.1 Å². The van der Waals surface area contributed by atoms with E-state index in [1.54, 1.807) is 6.07 Å². The standard InChI is InChI=1S/C14H17BrFNO2/c1-13(2,3)19-12(18)17-14(6-7-14)10-5-4-9(16)8-11(10)15/h4-5,8H,6-7H2,1-3H3,(H,17,18). The van der Waals surface area contributed by atoms with E-state index in [9.17, 15) is 9.18 Å². The molecular formula is C14H17BrFNO2. The number of hydrogen-bond acceptors (Lipinski definition) is 2. The van der Waals surface area contributed by atoms with Gasteiger partial charge in [-0.15, -0.1) is 0 Å². The molecule has 0 heterocycles. The number of alkyl carbamates (subject to hydrolysis) is 1. The zero-order valence-electron chi connectivity index (χ0n) is 11.2. The van der Waals surface area contributed by atoms with E-state index < -0.39 is 17.2 Å². The van der Waals surface area contributed by atoms with Gasteiger partial charge in [0, 0.05) is 4.47 Å². The Balaban J connectivity index is 2.13. The fraction of sp³-hybridized carbons (Fsp3) is 0.500. The molecule has 1 fully saturated rings. The lowest BCUT2D eigenvalue weighted by atomic mass is 10.1. The van der Waals surface area contributed by atoms with Gasteiger partial charge in [0.25, 0.3) is 0 Å². The predicted octanol–water partition coefficient (Wildman–Crippen LogP) is 4.10. The van der Waals surface area contributed by atoms with Crippen LogP contribution in [0.2, 0.25) is 0 Å². The summed E-state index contributed by atoms with van der Waals surface area (Å²) in [5, 5.41) is 2.89. The van der Waals surface area contributed by atoms with Gasteiger partial charge in [0.2, 0.25) is 0 Å².